The second kappa shape index (κ2) is 10.3. The molecule has 0 fully saturated rings. The van der Waals surface area contributed by atoms with Gasteiger partial charge >= 0.3 is 0 Å². The maximum Gasteiger partial charge on any atom is 0.113 e. The topological polar surface area (TPSA) is 8.17 Å². The molecule has 0 atom stereocenters. The summed E-state index contributed by atoms with van der Waals surface area (Å²) in [4.78, 5) is 2.48. The lowest BCUT2D eigenvalue weighted by molar-refractivity contribution is 1.18. The molecule has 2 aromatic heterocycles. The monoisotopic (exact) mass is 648 g/mol. The van der Waals surface area contributed by atoms with E-state index in [1.807, 2.05) is 11.3 Å². The lowest BCUT2D eigenvalue weighted by Gasteiger charge is -2.28. The number of fused-ring (bicyclic) bond motifs is 10. The summed E-state index contributed by atoms with van der Waals surface area (Å²) in [5, 5.41) is 8.38. The van der Waals surface area contributed by atoms with Gasteiger partial charge in [-0.15, -0.1) is 11.3 Å². The number of benzene rings is 7. The highest BCUT2D eigenvalue weighted by Crippen LogP contribution is 2.46. The van der Waals surface area contributed by atoms with Gasteiger partial charge in [-0.3, -0.25) is 0 Å². The van der Waals surface area contributed by atoms with Crippen molar-refractivity contribution >= 4 is 88.8 Å². The van der Waals surface area contributed by atoms with Crippen molar-refractivity contribution in [3.63, 3.8) is 0 Å². The van der Waals surface area contributed by atoms with Crippen LogP contribution in [0.5, 0.6) is 0 Å². The molecule has 0 amide bonds. The molecule has 0 saturated heterocycles. The summed E-state index contributed by atoms with van der Waals surface area (Å²) >= 11 is 1.91. The Hall–Kier alpha value is -5.42. The largest absolute Gasteiger partial charge is 0.310 e. The van der Waals surface area contributed by atoms with Crippen molar-refractivity contribution in [1.29, 1.82) is 0 Å². The third kappa shape index (κ3) is 3.84. The first-order valence-electron chi connectivity index (χ1n) is 16.6. The Morgan fingerprint density at radius 2 is 1.23 bits per heavy atom. The molecule has 1 aliphatic rings. The van der Waals surface area contributed by atoms with Crippen LogP contribution in [0.15, 0.2) is 158 Å². The van der Waals surface area contributed by atoms with Crippen LogP contribution in [0.25, 0.3) is 58.8 Å². The SMILES string of the molecule is C[Si]1(C)c2cc(N(c3ccccc3)c3cccc4c3c3ccccc3n4-c3ccccc3)ccc2-c2c1ccc1sc3ccccc3c21. The maximum absolute atomic E-state index is 2.53. The van der Waals surface area contributed by atoms with Crippen LogP contribution in [0.1, 0.15) is 0 Å². The number of hydrogen-bond acceptors (Lipinski definition) is 2. The molecule has 9 aromatic rings. The van der Waals surface area contributed by atoms with Crippen LogP contribution in [-0.2, 0) is 0 Å². The molecular formula is C44H32N2SSi. The van der Waals surface area contributed by atoms with E-state index in [9.17, 15) is 0 Å². The quantitative estimate of drug-likeness (QED) is 0.172. The summed E-state index contributed by atoms with van der Waals surface area (Å²) in [6.45, 7) is 5.06. The number of hydrogen-bond donors (Lipinski definition) is 0. The van der Waals surface area contributed by atoms with E-state index < -0.39 is 8.07 Å². The number of anilines is 3. The second-order valence-electron chi connectivity index (χ2n) is 13.3. The number of rotatable bonds is 4. The Bertz CT molecular complexity index is 2700. The van der Waals surface area contributed by atoms with Gasteiger partial charge in [0.25, 0.3) is 0 Å². The molecule has 2 nitrogen and oxygen atoms in total. The number of aromatic nitrogens is 1. The van der Waals surface area contributed by atoms with E-state index in [1.165, 1.54) is 75.4 Å². The molecule has 1 aliphatic heterocycles. The molecule has 7 aromatic carbocycles. The van der Waals surface area contributed by atoms with Crippen LogP contribution in [0.2, 0.25) is 13.1 Å². The summed E-state index contributed by atoms with van der Waals surface area (Å²) in [5.74, 6) is 0. The number of nitrogens with zero attached hydrogens (tertiary/aromatic N) is 2. The molecule has 0 radical (unpaired) electrons. The van der Waals surface area contributed by atoms with E-state index in [-0.39, 0.29) is 0 Å². The van der Waals surface area contributed by atoms with Crippen molar-refractivity contribution in [2.45, 2.75) is 13.1 Å². The molecule has 0 aliphatic carbocycles. The van der Waals surface area contributed by atoms with Crippen molar-refractivity contribution in [2.24, 2.45) is 0 Å². The van der Waals surface area contributed by atoms with Crippen LogP contribution >= 0.6 is 11.3 Å². The Labute approximate surface area is 284 Å². The summed E-state index contributed by atoms with van der Waals surface area (Å²) in [5.41, 5.74) is 9.99. The third-order valence-electron chi connectivity index (χ3n) is 10.4. The van der Waals surface area contributed by atoms with Gasteiger partial charge in [-0.25, -0.2) is 0 Å². The van der Waals surface area contributed by atoms with Gasteiger partial charge in [0.05, 0.1) is 16.7 Å². The molecule has 4 heteroatoms. The fourth-order valence-corrected chi connectivity index (χ4v) is 12.4. The fourth-order valence-electron chi connectivity index (χ4n) is 8.22. The molecule has 0 saturated carbocycles. The predicted octanol–water partition coefficient (Wildman–Crippen LogP) is 11.4. The van der Waals surface area contributed by atoms with Gasteiger partial charge in [-0.1, -0.05) is 104 Å². The van der Waals surface area contributed by atoms with E-state index in [4.69, 9.17) is 0 Å². The van der Waals surface area contributed by atoms with Gasteiger partial charge in [-0.05, 0) is 88.2 Å². The van der Waals surface area contributed by atoms with Gasteiger partial charge in [0.1, 0.15) is 8.07 Å². The average molecular weight is 649 g/mol. The fraction of sp³-hybridized carbons (Fsp3) is 0.0455. The van der Waals surface area contributed by atoms with E-state index in [2.05, 4.69) is 180 Å². The standard InChI is InChI=1S/C44H32N2SSi/c1-48(2)40-27-26-39-43(33-19-10-12-23-38(33)47-39)44(40)34-25-24-31(28-41(34)48)45(29-14-5-3-6-15-29)36-21-13-22-37-42(36)32-18-9-11-20-35(32)46(37)30-16-7-4-8-17-30/h3-28H,1-2H3. The maximum atomic E-state index is 2.53. The first-order valence-corrected chi connectivity index (χ1v) is 20.4. The molecule has 0 spiro atoms. The Morgan fingerprint density at radius 3 is 2.06 bits per heavy atom. The Kier molecular flexibility index (Phi) is 5.93. The summed E-state index contributed by atoms with van der Waals surface area (Å²) in [7, 11) is -2.00. The average Bonchev–Trinajstić information content (AvgIpc) is 3.75. The van der Waals surface area contributed by atoms with E-state index in [0.29, 0.717) is 0 Å². The Morgan fingerprint density at radius 1 is 0.521 bits per heavy atom. The summed E-state index contributed by atoms with van der Waals surface area (Å²) in [6.07, 6.45) is 0. The number of thiophene rings is 1. The zero-order valence-corrected chi connectivity index (χ0v) is 28.6. The van der Waals surface area contributed by atoms with Crippen LogP contribution in [-0.4, -0.2) is 12.6 Å². The smallest absolute Gasteiger partial charge is 0.113 e. The van der Waals surface area contributed by atoms with Crippen LogP contribution < -0.4 is 15.3 Å². The van der Waals surface area contributed by atoms with Crippen molar-refractivity contribution in [2.75, 3.05) is 4.90 Å². The van der Waals surface area contributed by atoms with Crippen molar-refractivity contribution < 1.29 is 0 Å². The second-order valence-corrected chi connectivity index (χ2v) is 18.8. The van der Waals surface area contributed by atoms with E-state index in [0.717, 1.165) is 5.69 Å². The normalized spacial score (nSPS) is 13.4. The van der Waals surface area contributed by atoms with Gasteiger partial charge in [0.2, 0.25) is 0 Å². The van der Waals surface area contributed by atoms with Crippen molar-refractivity contribution in [3.05, 3.63) is 158 Å². The predicted molar refractivity (Wildman–Crippen MR) is 211 cm³/mol. The molecular weight excluding hydrogens is 617 g/mol. The summed E-state index contributed by atoms with van der Waals surface area (Å²) < 4.78 is 5.15. The molecule has 0 N–H and O–H groups in total. The molecule has 0 bridgehead atoms. The van der Waals surface area contributed by atoms with Crippen LogP contribution in [0, 0.1) is 0 Å². The highest BCUT2D eigenvalue weighted by Gasteiger charge is 2.39. The minimum atomic E-state index is -2.00. The van der Waals surface area contributed by atoms with Crippen LogP contribution in [0.4, 0.5) is 17.1 Å². The highest BCUT2D eigenvalue weighted by molar-refractivity contribution is 7.26. The third-order valence-corrected chi connectivity index (χ3v) is 15.0. The van der Waals surface area contributed by atoms with Crippen molar-refractivity contribution in [1.82, 2.24) is 4.57 Å². The molecule has 0 unspecified atom stereocenters. The van der Waals surface area contributed by atoms with Crippen LogP contribution in [0.3, 0.4) is 0 Å². The molecule has 48 heavy (non-hydrogen) atoms. The number of para-hydroxylation sites is 3. The van der Waals surface area contributed by atoms with E-state index >= 15 is 0 Å². The molecule has 3 heterocycles. The first kappa shape index (κ1) is 27.7. The minimum absolute atomic E-state index is 1.16. The zero-order valence-electron chi connectivity index (χ0n) is 26.8. The Balaban J connectivity index is 1.24. The first-order chi connectivity index (χ1) is 23.6. The van der Waals surface area contributed by atoms with Gasteiger partial charge in [-0.2, -0.15) is 0 Å². The van der Waals surface area contributed by atoms with E-state index in [1.54, 1.807) is 5.19 Å². The van der Waals surface area contributed by atoms with Gasteiger partial charge in [0, 0.05) is 48.0 Å². The van der Waals surface area contributed by atoms with Gasteiger partial charge in [0.15, 0.2) is 0 Å². The highest BCUT2D eigenvalue weighted by atomic mass is 32.1. The zero-order chi connectivity index (χ0) is 32.0. The van der Waals surface area contributed by atoms with Crippen molar-refractivity contribution in [3.8, 4) is 16.8 Å². The van der Waals surface area contributed by atoms with Gasteiger partial charge < -0.3 is 9.47 Å². The lowest BCUT2D eigenvalue weighted by atomic mass is 9.99. The molecule has 10 rings (SSSR count). The lowest BCUT2D eigenvalue weighted by Crippen LogP contribution is -2.49. The molecule has 228 valence electrons. The minimum Gasteiger partial charge on any atom is -0.310 e. The summed E-state index contributed by atoms with van der Waals surface area (Å²) in [6, 6.07) is 58.2.